The molecule has 2 N–H and O–H groups in total. The number of amides is 3. The zero-order chi connectivity index (χ0) is 26.5. The highest BCUT2D eigenvalue weighted by Crippen LogP contribution is 2.37. The molecule has 10 nitrogen and oxygen atoms in total. The monoisotopic (exact) mass is 509 g/mol. The summed E-state index contributed by atoms with van der Waals surface area (Å²) in [5.41, 5.74) is 4.95. The number of anilines is 2. The summed E-state index contributed by atoms with van der Waals surface area (Å²) in [5.74, 6) is 2.27. The van der Waals surface area contributed by atoms with Gasteiger partial charge in [-0.15, -0.1) is 0 Å². The number of urea groups is 1. The number of benzene rings is 3. The van der Waals surface area contributed by atoms with Crippen LogP contribution in [0.1, 0.15) is 0 Å². The van der Waals surface area contributed by atoms with Crippen molar-refractivity contribution in [2.24, 2.45) is 0 Å². The minimum Gasteiger partial charge on any atom is -0.493 e. The molecule has 0 saturated carbocycles. The van der Waals surface area contributed by atoms with Crippen molar-refractivity contribution >= 4 is 45.6 Å². The van der Waals surface area contributed by atoms with E-state index in [9.17, 15) is 9.59 Å². The van der Waals surface area contributed by atoms with Crippen molar-refractivity contribution in [3.8, 4) is 23.0 Å². The maximum Gasteiger partial charge on any atom is 0.338 e. The Morgan fingerprint density at radius 2 is 1.58 bits per heavy atom. The van der Waals surface area contributed by atoms with E-state index in [4.69, 9.17) is 14.2 Å². The van der Waals surface area contributed by atoms with Gasteiger partial charge in [0.05, 0.1) is 30.9 Å². The van der Waals surface area contributed by atoms with Crippen molar-refractivity contribution in [2.75, 3.05) is 24.5 Å². The van der Waals surface area contributed by atoms with Gasteiger partial charge in [-0.05, 0) is 60.7 Å². The van der Waals surface area contributed by atoms with Gasteiger partial charge in [0.25, 0.3) is 0 Å². The van der Waals surface area contributed by atoms with Gasteiger partial charge >= 0.3 is 6.03 Å². The summed E-state index contributed by atoms with van der Waals surface area (Å²) in [6, 6.07) is 20.5. The highest BCUT2D eigenvalue weighted by Gasteiger charge is 2.14. The molecule has 0 saturated heterocycles. The molecule has 0 spiro atoms. The fourth-order valence-electron chi connectivity index (χ4n) is 3.98. The van der Waals surface area contributed by atoms with E-state index in [1.165, 1.54) is 0 Å². The SMILES string of the molecule is COc1cc2nccc(Oc3ccc(NC(=O)NN(C=O)c4cccc5ncccc45)cc3)c2cc1OC. The smallest absolute Gasteiger partial charge is 0.338 e. The number of nitrogens with zero attached hydrogens (tertiary/aromatic N) is 3. The second kappa shape index (κ2) is 10.7. The lowest BCUT2D eigenvalue weighted by molar-refractivity contribution is -0.107. The lowest BCUT2D eigenvalue weighted by Crippen LogP contribution is -2.43. The molecular weight excluding hydrogens is 486 g/mol. The fraction of sp³-hybridized carbons (Fsp3) is 0.0714. The predicted molar refractivity (Wildman–Crippen MR) is 144 cm³/mol. The number of hydrogen-bond donors (Lipinski definition) is 2. The van der Waals surface area contributed by atoms with Gasteiger partial charge < -0.3 is 19.5 Å². The van der Waals surface area contributed by atoms with E-state index in [1.54, 1.807) is 81.2 Å². The Morgan fingerprint density at radius 1 is 0.816 bits per heavy atom. The van der Waals surface area contributed by atoms with Crippen LogP contribution >= 0.6 is 0 Å². The van der Waals surface area contributed by atoms with Crippen LogP contribution in [0.25, 0.3) is 21.8 Å². The minimum atomic E-state index is -0.590. The molecule has 2 heterocycles. The van der Waals surface area contributed by atoms with Crippen LogP contribution in [-0.2, 0) is 4.79 Å². The molecule has 0 radical (unpaired) electrons. The molecule has 5 rings (SSSR count). The molecule has 190 valence electrons. The van der Waals surface area contributed by atoms with Crippen molar-refractivity contribution in [3.05, 3.63) is 85.2 Å². The van der Waals surface area contributed by atoms with Crippen molar-refractivity contribution in [3.63, 3.8) is 0 Å². The third kappa shape index (κ3) is 4.96. The van der Waals surface area contributed by atoms with E-state index < -0.39 is 6.03 Å². The molecule has 10 heteroatoms. The number of ether oxygens (including phenoxy) is 3. The molecule has 0 fully saturated rings. The molecule has 0 bridgehead atoms. The third-order valence-corrected chi connectivity index (χ3v) is 5.76. The Bertz CT molecular complexity index is 1620. The second-order valence-electron chi connectivity index (χ2n) is 8.05. The number of rotatable bonds is 8. The first-order valence-corrected chi connectivity index (χ1v) is 11.5. The van der Waals surface area contributed by atoms with Crippen molar-refractivity contribution in [2.45, 2.75) is 0 Å². The van der Waals surface area contributed by atoms with E-state index in [0.29, 0.717) is 51.8 Å². The minimum absolute atomic E-state index is 0.503. The predicted octanol–water partition coefficient (Wildman–Crippen LogP) is 5.29. The van der Waals surface area contributed by atoms with Gasteiger partial charge in [-0.3, -0.25) is 14.8 Å². The maximum absolute atomic E-state index is 12.6. The topological polar surface area (TPSA) is 115 Å². The fourth-order valence-corrected chi connectivity index (χ4v) is 3.98. The van der Waals surface area contributed by atoms with Crippen LogP contribution in [0, 0.1) is 0 Å². The van der Waals surface area contributed by atoms with E-state index in [-0.39, 0.29) is 0 Å². The largest absolute Gasteiger partial charge is 0.493 e. The van der Waals surface area contributed by atoms with E-state index >= 15 is 0 Å². The molecule has 3 amide bonds. The molecule has 0 atom stereocenters. The van der Waals surface area contributed by atoms with Crippen LogP contribution in [0.3, 0.4) is 0 Å². The number of hydrogen-bond acceptors (Lipinski definition) is 7. The Labute approximate surface area is 217 Å². The summed E-state index contributed by atoms with van der Waals surface area (Å²) in [7, 11) is 3.13. The van der Waals surface area contributed by atoms with Crippen molar-refractivity contribution in [1.82, 2.24) is 15.4 Å². The average molecular weight is 510 g/mol. The highest BCUT2D eigenvalue weighted by molar-refractivity contribution is 5.99. The van der Waals surface area contributed by atoms with E-state index in [2.05, 4.69) is 20.7 Å². The normalized spacial score (nSPS) is 10.6. The van der Waals surface area contributed by atoms with Crippen LogP contribution in [0.5, 0.6) is 23.0 Å². The van der Waals surface area contributed by atoms with Crippen molar-refractivity contribution < 1.29 is 23.8 Å². The van der Waals surface area contributed by atoms with Gasteiger partial charge in [-0.25, -0.2) is 15.2 Å². The third-order valence-electron chi connectivity index (χ3n) is 5.76. The van der Waals surface area contributed by atoms with Gasteiger partial charge in [0, 0.05) is 34.9 Å². The number of carbonyl (C=O) groups is 2. The Morgan fingerprint density at radius 3 is 2.34 bits per heavy atom. The first-order valence-electron chi connectivity index (χ1n) is 11.5. The molecule has 2 aromatic heterocycles. The Balaban J connectivity index is 1.29. The zero-order valence-electron chi connectivity index (χ0n) is 20.5. The number of hydrazine groups is 1. The number of aromatic nitrogens is 2. The lowest BCUT2D eigenvalue weighted by atomic mass is 10.2. The van der Waals surface area contributed by atoms with Gasteiger partial charge in [0.1, 0.15) is 11.5 Å². The average Bonchev–Trinajstić information content (AvgIpc) is 2.96. The number of nitrogens with one attached hydrogen (secondary N) is 2. The number of carbonyl (C=O) groups excluding carboxylic acids is 2. The van der Waals surface area contributed by atoms with Crippen LogP contribution in [0.15, 0.2) is 85.2 Å². The van der Waals surface area contributed by atoms with Crippen LogP contribution < -0.4 is 30.0 Å². The molecule has 5 aromatic rings. The number of fused-ring (bicyclic) bond motifs is 2. The van der Waals surface area contributed by atoms with Gasteiger partial charge in [-0.1, -0.05) is 6.07 Å². The van der Waals surface area contributed by atoms with Crippen LogP contribution in [-0.4, -0.2) is 36.6 Å². The second-order valence-corrected chi connectivity index (χ2v) is 8.05. The Hall–Kier alpha value is -5.38. The summed E-state index contributed by atoms with van der Waals surface area (Å²) < 4.78 is 16.8. The quantitative estimate of drug-likeness (QED) is 0.216. The molecular formula is C28H23N5O5. The van der Waals surface area contributed by atoms with E-state index in [0.717, 1.165) is 15.8 Å². The Kier molecular flexibility index (Phi) is 6.85. The first-order chi connectivity index (χ1) is 18.6. The molecule has 0 aliphatic carbocycles. The molecule has 3 aromatic carbocycles. The van der Waals surface area contributed by atoms with Gasteiger partial charge in [0.2, 0.25) is 6.41 Å². The van der Waals surface area contributed by atoms with Crippen LogP contribution in [0.2, 0.25) is 0 Å². The summed E-state index contributed by atoms with van der Waals surface area (Å²) in [6.45, 7) is 0. The standard InChI is InChI=1S/C28H23N5O5/c1-36-26-15-21-23(16-27(26)37-2)30-14-12-25(21)38-19-10-8-18(9-11-19)31-28(35)32-33(17-34)24-7-3-6-22-20(24)5-4-13-29-22/h3-17H,1-2H3,(H2,31,32,35). The van der Waals surface area contributed by atoms with Gasteiger partial charge in [0.15, 0.2) is 11.5 Å². The summed E-state index contributed by atoms with van der Waals surface area (Å²) in [5, 5.41) is 5.30. The first kappa shape index (κ1) is 24.3. The number of pyridine rings is 2. The van der Waals surface area contributed by atoms with Crippen molar-refractivity contribution in [1.29, 1.82) is 0 Å². The summed E-state index contributed by atoms with van der Waals surface area (Å²) in [4.78, 5) is 33.0. The number of methoxy groups -OCH3 is 2. The summed E-state index contributed by atoms with van der Waals surface area (Å²) >= 11 is 0. The molecule has 38 heavy (non-hydrogen) atoms. The molecule has 0 aliphatic heterocycles. The molecule has 0 unspecified atom stereocenters. The highest BCUT2D eigenvalue weighted by atomic mass is 16.5. The zero-order valence-corrected chi connectivity index (χ0v) is 20.5. The lowest BCUT2D eigenvalue weighted by Gasteiger charge is -2.20. The van der Waals surface area contributed by atoms with E-state index in [1.807, 2.05) is 18.2 Å². The summed E-state index contributed by atoms with van der Waals surface area (Å²) in [6.07, 6.45) is 3.84. The van der Waals surface area contributed by atoms with Gasteiger partial charge in [-0.2, -0.15) is 0 Å². The van der Waals surface area contributed by atoms with Crippen LogP contribution in [0.4, 0.5) is 16.2 Å². The molecule has 0 aliphatic rings. The maximum atomic E-state index is 12.6.